The van der Waals surface area contributed by atoms with Crippen LogP contribution in [0.3, 0.4) is 0 Å². The first kappa shape index (κ1) is 11.0. The zero-order valence-corrected chi connectivity index (χ0v) is 9.69. The number of thioether (sulfide) groups is 1. The SMILES string of the molecule is CCC1CSCC(c2cccc(F)c2)N1. The summed E-state index contributed by atoms with van der Waals surface area (Å²) in [6.45, 7) is 2.19. The molecule has 2 atom stereocenters. The van der Waals surface area contributed by atoms with Gasteiger partial charge in [0.2, 0.25) is 0 Å². The molecule has 0 amide bonds. The van der Waals surface area contributed by atoms with Crippen LogP contribution in [-0.2, 0) is 0 Å². The molecule has 1 fully saturated rings. The Morgan fingerprint density at radius 1 is 1.47 bits per heavy atom. The summed E-state index contributed by atoms with van der Waals surface area (Å²) in [5.74, 6) is 2.07. The molecule has 1 aromatic carbocycles. The second-order valence-corrected chi connectivity index (χ2v) is 4.99. The minimum Gasteiger partial charge on any atom is -0.306 e. The van der Waals surface area contributed by atoms with Gasteiger partial charge in [-0.3, -0.25) is 0 Å². The molecule has 0 spiro atoms. The summed E-state index contributed by atoms with van der Waals surface area (Å²) in [5, 5.41) is 3.56. The van der Waals surface area contributed by atoms with Crippen LogP contribution in [0.1, 0.15) is 24.9 Å². The van der Waals surface area contributed by atoms with Crippen molar-refractivity contribution in [1.29, 1.82) is 0 Å². The first-order valence-corrected chi connectivity index (χ1v) is 6.54. The molecule has 0 bridgehead atoms. The van der Waals surface area contributed by atoms with Crippen LogP contribution >= 0.6 is 11.8 Å². The molecule has 0 saturated carbocycles. The van der Waals surface area contributed by atoms with Crippen LogP contribution in [0.2, 0.25) is 0 Å². The van der Waals surface area contributed by atoms with Crippen LogP contribution in [0, 0.1) is 5.82 Å². The Morgan fingerprint density at radius 2 is 2.33 bits per heavy atom. The van der Waals surface area contributed by atoms with E-state index in [0.717, 1.165) is 17.7 Å². The lowest BCUT2D eigenvalue weighted by molar-refractivity contribution is 0.464. The molecule has 15 heavy (non-hydrogen) atoms. The standard InChI is InChI=1S/C12H16FNS/c1-2-11-7-15-8-12(14-11)9-4-3-5-10(13)6-9/h3-6,11-12,14H,2,7-8H2,1H3. The summed E-state index contributed by atoms with van der Waals surface area (Å²) < 4.78 is 13.1. The molecule has 3 heteroatoms. The maximum absolute atomic E-state index is 13.1. The fourth-order valence-corrected chi connectivity index (χ4v) is 3.14. The quantitative estimate of drug-likeness (QED) is 0.830. The molecule has 1 heterocycles. The molecule has 1 N–H and O–H groups in total. The van der Waals surface area contributed by atoms with Gasteiger partial charge in [0.1, 0.15) is 5.82 Å². The zero-order chi connectivity index (χ0) is 10.7. The van der Waals surface area contributed by atoms with Crippen molar-refractivity contribution in [2.75, 3.05) is 11.5 Å². The van der Waals surface area contributed by atoms with Crippen LogP contribution in [0.4, 0.5) is 4.39 Å². The van der Waals surface area contributed by atoms with Gasteiger partial charge >= 0.3 is 0 Å². The van der Waals surface area contributed by atoms with E-state index in [2.05, 4.69) is 12.2 Å². The molecule has 1 saturated heterocycles. The third-order valence-electron chi connectivity index (χ3n) is 2.78. The van der Waals surface area contributed by atoms with Gasteiger partial charge in [-0.15, -0.1) is 0 Å². The average Bonchev–Trinajstić information content (AvgIpc) is 2.29. The van der Waals surface area contributed by atoms with Crippen LogP contribution in [-0.4, -0.2) is 17.5 Å². The summed E-state index contributed by atoms with van der Waals surface area (Å²) in [6, 6.07) is 7.79. The van der Waals surface area contributed by atoms with Crippen LogP contribution < -0.4 is 5.32 Å². The zero-order valence-electron chi connectivity index (χ0n) is 8.87. The Hall–Kier alpha value is -0.540. The molecule has 0 aliphatic carbocycles. The van der Waals surface area contributed by atoms with Gasteiger partial charge in [0.25, 0.3) is 0 Å². The maximum atomic E-state index is 13.1. The maximum Gasteiger partial charge on any atom is 0.123 e. The fourth-order valence-electron chi connectivity index (χ4n) is 1.86. The van der Waals surface area contributed by atoms with Crippen molar-refractivity contribution in [3.05, 3.63) is 35.6 Å². The first-order valence-electron chi connectivity index (χ1n) is 5.39. The van der Waals surface area contributed by atoms with Gasteiger partial charge in [0.15, 0.2) is 0 Å². The van der Waals surface area contributed by atoms with Gasteiger partial charge in [-0.25, -0.2) is 4.39 Å². The highest BCUT2D eigenvalue weighted by Crippen LogP contribution is 2.25. The average molecular weight is 225 g/mol. The molecular formula is C12H16FNS. The number of hydrogen-bond acceptors (Lipinski definition) is 2. The van der Waals surface area contributed by atoms with Crippen molar-refractivity contribution in [2.24, 2.45) is 0 Å². The minimum atomic E-state index is -0.141. The molecule has 2 rings (SSSR count). The molecule has 82 valence electrons. The fraction of sp³-hybridized carbons (Fsp3) is 0.500. The Balaban J connectivity index is 2.09. The van der Waals surface area contributed by atoms with E-state index in [-0.39, 0.29) is 5.82 Å². The van der Waals surface area contributed by atoms with Gasteiger partial charge in [0.05, 0.1) is 0 Å². The summed E-state index contributed by atoms with van der Waals surface area (Å²) in [4.78, 5) is 0. The van der Waals surface area contributed by atoms with Crippen molar-refractivity contribution < 1.29 is 4.39 Å². The predicted molar refractivity (Wildman–Crippen MR) is 63.7 cm³/mol. The number of nitrogens with one attached hydrogen (secondary N) is 1. The molecular weight excluding hydrogens is 209 g/mol. The van der Waals surface area contributed by atoms with E-state index in [0.29, 0.717) is 12.1 Å². The normalized spacial score (nSPS) is 26.5. The lowest BCUT2D eigenvalue weighted by atomic mass is 10.1. The van der Waals surface area contributed by atoms with E-state index in [1.165, 1.54) is 11.8 Å². The number of benzene rings is 1. The van der Waals surface area contributed by atoms with Gasteiger partial charge in [-0.2, -0.15) is 11.8 Å². The third-order valence-corrected chi connectivity index (χ3v) is 3.99. The summed E-state index contributed by atoms with van der Waals surface area (Å²) in [6.07, 6.45) is 1.14. The van der Waals surface area contributed by atoms with Crippen LogP contribution in [0.5, 0.6) is 0 Å². The highest BCUT2D eigenvalue weighted by molar-refractivity contribution is 7.99. The second-order valence-electron chi connectivity index (χ2n) is 3.92. The van der Waals surface area contributed by atoms with E-state index in [9.17, 15) is 4.39 Å². The Labute approximate surface area is 94.5 Å². The predicted octanol–water partition coefficient (Wildman–Crippen LogP) is 2.98. The molecule has 0 radical (unpaired) electrons. The lowest BCUT2D eigenvalue weighted by Crippen LogP contribution is -2.39. The third kappa shape index (κ3) is 2.73. The topological polar surface area (TPSA) is 12.0 Å². The number of hydrogen-bond donors (Lipinski definition) is 1. The highest BCUT2D eigenvalue weighted by Gasteiger charge is 2.21. The van der Waals surface area contributed by atoms with Gasteiger partial charge in [0, 0.05) is 23.6 Å². The van der Waals surface area contributed by atoms with E-state index in [1.807, 2.05) is 17.8 Å². The smallest absolute Gasteiger partial charge is 0.123 e. The highest BCUT2D eigenvalue weighted by atomic mass is 32.2. The Bertz CT molecular complexity index is 329. The summed E-state index contributed by atoms with van der Waals surface area (Å²) in [5.41, 5.74) is 1.07. The van der Waals surface area contributed by atoms with E-state index < -0.39 is 0 Å². The van der Waals surface area contributed by atoms with Crippen molar-refractivity contribution in [3.63, 3.8) is 0 Å². The van der Waals surface area contributed by atoms with E-state index in [4.69, 9.17) is 0 Å². The number of halogens is 1. The van der Waals surface area contributed by atoms with Crippen molar-refractivity contribution >= 4 is 11.8 Å². The van der Waals surface area contributed by atoms with Gasteiger partial charge in [-0.05, 0) is 24.1 Å². The summed E-state index contributed by atoms with van der Waals surface area (Å²) >= 11 is 1.95. The van der Waals surface area contributed by atoms with Crippen molar-refractivity contribution in [3.8, 4) is 0 Å². The molecule has 1 aliphatic rings. The second kappa shape index (κ2) is 4.99. The van der Waals surface area contributed by atoms with Gasteiger partial charge < -0.3 is 5.32 Å². The number of rotatable bonds is 2. The molecule has 0 aromatic heterocycles. The monoisotopic (exact) mass is 225 g/mol. The largest absolute Gasteiger partial charge is 0.306 e. The van der Waals surface area contributed by atoms with Crippen LogP contribution in [0.15, 0.2) is 24.3 Å². The van der Waals surface area contributed by atoms with E-state index in [1.54, 1.807) is 12.1 Å². The van der Waals surface area contributed by atoms with Crippen LogP contribution in [0.25, 0.3) is 0 Å². The summed E-state index contributed by atoms with van der Waals surface area (Å²) in [7, 11) is 0. The Kier molecular flexibility index (Phi) is 3.65. The molecule has 1 aliphatic heterocycles. The van der Waals surface area contributed by atoms with Gasteiger partial charge in [-0.1, -0.05) is 19.1 Å². The Morgan fingerprint density at radius 3 is 3.07 bits per heavy atom. The van der Waals surface area contributed by atoms with Crippen molar-refractivity contribution in [2.45, 2.75) is 25.4 Å². The molecule has 1 nitrogen and oxygen atoms in total. The van der Waals surface area contributed by atoms with Crippen molar-refractivity contribution in [1.82, 2.24) is 5.32 Å². The lowest BCUT2D eigenvalue weighted by Gasteiger charge is -2.30. The van der Waals surface area contributed by atoms with E-state index >= 15 is 0 Å². The minimum absolute atomic E-state index is 0.141. The molecule has 2 unspecified atom stereocenters. The first-order chi connectivity index (χ1) is 7.29. The molecule has 1 aromatic rings.